The van der Waals surface area contributed by atoms with Gasteiger partial charge in [-0.2, -0.15) is 5.26 Å². The van der Waals surface area contributed by atoms with Crippen molar-refractivity contribution in [2.75, 3.05) is 19.7 Å². The van der Waals surface area contributed by atoms with Crippen LogP contribution >= 0.6 is 0 Å². The number of hydrogen-bond donors (Lipinski definition) is 0. The molecule has 1 saturated heterocycles. The minimum absolute atomic E-state index is 0.0247. The monoisotopic (exact) mass is 444 g/mol. The Kier molecular flexibility index (Phi) is 6.74. The second-order valence-electron chi connectivity index (χ2n) is 8.40. The van der Waals surface area contributed by atoms with Crippen LogP contribution in [0.15, 0.2) is 41.5 Å². The predicted molar refractivity (Wildman–Crippen MR) is 124 cm³/mol. The van der Waals surface area contributed by atoms with Gasteiger partial charge < -0.3 is 14.2 Å². The fraction of sp³-hybridized carbons (Fsp3) is 0.385. The Morgan fingerprint density at radius 3 is 2.55 bits per heavy atom. The first-order valence-electron chi connectivity index (χ1n) is 11.4. The summed E-state index contributed by atoms with van der Waals surface area (Å²) >= 11 is 0. The van der Waals surface area contributed by atoms with Crippen LogP contribution in [0.5, 0.6) is 0 Å². The Labute approximate surface area is 194 Å². The number of nitrogens with zero attached hydrogens (tertiary/aromatic N) is 4. The van der Waals surface area contributed by atoms with Crippen LogP contribution in [0.25, 0.3) is 6.08 Å². The normalized spacial score (nSPS) is 16.3. The third-order valence-electron chi connectivity index (χ3n) is 6.22. The number of likely N-dealkylation sites (tertiary alicyclic amines) is 1. The molecule has 0 radical (unpaired) electrons. The molecule has 1 fully saturated rings. The van der Waals surface area contributed by atoms with Crippen LogP contribution in [0.2, 0.25) is 0 Å². The van der Waals surface area contributed by atoms with E-state index >= 15 is 0 Å². The molecule has 0 N–H and O–H groups in total. The number of aromatic nitrogens is 2. The van der Waals surface area contributed by atoms with Gasteiger partial charge in [0.15, 0.2) is 0 Å². The van der Waals surface area contributed by atoms with Gasteiger partial charge in [0.05, 0.1) is 36.0 Å². The maximum atomic E-state index is 13.2. The van der Waals surface area contributed by atoms with E-state index in [1.54, 1.807) is 6.92 Å². The summed E-state index contributed by atoms with van der Waals surface area (Å²) in [6.07, 6.45) is 7.03. The summed E-state index contributed by atoms with van der Waals surface area (Å²) < 4.78 is 7.21. The fourth-order valence-corrected chi connectivity index (χ4v) is 4.42. The number of amides is 1. The van der Waals surface area contributed by atoms with Gasteiger partial charge in [0.1, 0.15) is 5.82 Å². The number of allylic oxidation sites excluding steroid dienone is 2. The molecule has 2 aromatic rings. The van der Waals surface area contributed by atoms with Gasteiger partial charge in [-0.3, -0.25) is 9.59 Å². The van der Waals surface area contributed by atoms with Crippen molar-refractivity contribution in [3.8, 4) is 6.07 Å². The highest BCUT2D eigenvalue weighted by Crippen LogP contribution is 2.28. The molecule has 7 heteroatoms. The molecular formula is C26H28N4O3. The molecule has 0 unspecified atom stereocenters. The molecule has 1 aromatic carbocycles. The molecule has 1 aliphatic carbocycles. The summed E-state index contributed by atoms with van der Waals surface area (Å²) in [6.45, 7) is 3.51. The number of carbonyl (C=O) groups is 2. The Balaban J connectivity index is 1.61. The molecular weight excluding hydrogens is 416 g/mol. The number of rotatable bonds is 6. The Bertz CT molecular complexity index is 1160. The van der Waals surface area contributed by atoms with Gasteiger partial charge in [0, 0.05) is 38.6 Å². The van der Waals surface area contributed by atoms with Crippen molar-refractivity contribution in [1.29, 1.82) is 5.26 Å². The first-order chi connectivity index (χ1) is 16.0. The van der Waals surface area contributed by atoms with Crippen molar-refractivity contribution in [1.82, 2.24) is 14.5 Å². The average Bonchev–Trinajstić information content (AvgIpc) is 3.46. The maximum absolute atomic E-state index is 13.2. The van der Waals surface area contributed by atoms with Crippen molar-refractivity contribution >= 4 is 18.0 Å². The van der Waals surface area contributed by atoms with E-state index in [4.69, 9.17) is 15.0 Å². The van der Waals surface area contributed by atoms with Crippen LogP contribution in [-0.2, 0) is 34.2 Å². The highest BCUT2D eigenvalue weighted by Gasteiger charge is 2.28. The predicted octanol–water partition coefficient (Wildman–Crippen LogP) is 3.32. The highest BCUT2D eigenvalue weighted by atomic mass is 16.5. The van der Waals surface area contributed by atoms with Gasteiger partial charge in [-0.25, -0.2) is 4.98 Å². The lowest BCUT2D eigenvalue weighted by Crippen LogP contribution is -2.31. The number of carbonyl (C=O) groups excluding carboxylic acids is 2. The van der Waals surface area contributed by atoms with Crippen molar-refractivity contribution in [3.05, 3.63) is 69.8 Å². The number of fused-ring (bicyclic) bond motifs is 1. The SMILES string of the molecule is CCOC(=O)CC(C(=O)N1CCCC1)=C1C=Cc2c(nc(Cc3ccc(C#N)cc3)n2C)C1. The molecule has 2 heterocycles. The molecule has 1 amide bonds. The van der Waals surface area contributed by atoms with Crippen molar-refractivity contribution in [3.63, 3.8) is 0 Å². The number of nitriles is 1. The topological polar surface area (TPSA) is 88.2 Å². The number of benzene rings is 1. The molecule has 33 heavy (non-hydrogen) atoms. The van der Waals surface area contributed by atoms with E-state index in [0.717, 1.165) is 54.3 Å². The summed E-state index contributed by atoms with van der Waals surface area (Å²) in [5, 5.41) is 9.00. The highest BCUT2D eigenvalue weighted by molar-refractivity contribution is 5.99. The summed E-state index contributed by atoms with van der Waals surface area (Å²) in [7, 11) is 1.98. The average molecular weight is 445 g/mol. The molecule has 1 aliphatic heterocycles. The smallest absolute Gasteiger partial charge is 0.310 e. The summed E-state index contributed by atoms with van der Waals surface area (Å²) in [6, 6.07) is 9.64. The Morgan fingerprint density at radius 1 is 1.15 bits per heavy atom. The Hall–Kier alpha value is -3.66. The summed E-state index contributed by atoms with van der Waals surface area (Å²) in [4.78, 5) is 32.2. The number of imidazole rings is 1. The van der Waals surface area contributed by atoms with E-state index in [-0.39, 0.29) is 24.9 Å². The quantitative estimate of drug-likeness (QED) is 0.504. The summed E-state index contributed by atoms with van der Waals surface area (Å²) in [5.41, 5.74) is 4.95. The zero-order valence-electron chi connectivity index (χ0n) is 19.1. The first-order valence-corrected chi connectivity index (χ1v) is 11.4. The molecule has 4 rings (SSSR count). The first kappa shape index (κ1) is 22.5. The van der Waals surface area contributed by atoms with Crippen LogP contribution in [0.1, 0.15) is 54.5 Å². The van der Waals surface area contributed by atoms with Gasteiger partial charge in [-0.15, -0.1) is 0 Å². The van der Waals surface area contributed by atoms with Crippen LogP contribution in [0, 0.1) is 11.3 Å². The minimum atomic E-state index is -0.380. The lowest BCUT2D eigenvalue weighted by Gasteiger charge is -2.20. The van der Waals surface area contributed by atoms with E-state index in [9.17, 15) is 9.59 Å². The van der Waals surface area contributed by atoms with Crippen LogP contribution in [-0.4, -0.2) is 46.0 Å². The largest absolute Gasteiger partial charge is 0.466 e. The minimum Gasteiger partial charge on any atom is -0.466 e. The third-order valence-corrected chi connectivity index (χ3v) is 6.22. The standard InChI is InChI=1S/C26H28N4O3/c1-3-33-25(31)16-21(26(32)30-12-4-5-13-30)20-10-11-23-22(15-20)28-24(29(23)2)14-18-6-8-19(17-27)9-7-18/h6-11H,3-5,12-16H2,1-2H3. The third kappa shape index (κ3) is 4.90. The lowest BCUT2D eigenvalue weighted by atomic mass is 9.94. The van der Waals surface area contributed by atoms with Gasteiger partial charge in [0.25, 0.3) is 5.91 Å². The molecule has 0 atom stereocenters. The molecule has 0 spiro atoms. The molecule has 170 valence electrons. The van der Waals surface area contributed by atoms with Gasteiger partial charge in [-0.05, 0) is 49.1 Å². The molecule has 0 bridgehead atoms. The van der Waals surface area contributed by atoms with E-state index in [0.29, 0.717) is 24.0 Å². The van der Waals surface area contributed by atoms with Gasteiger partial charge in [0.2, 0.25) is 0 Å². The molecule has 0 saturated carbocycles. The van der Waals surface area contributed by atoms with E-state index in [2.05, 4.69) is 10.6 Å². The van der Waals surface area contributed by atoms with Gasteiger partial charge in [-0.1, -0.05) is 18.2 Å². The second kappa shape index (κ2) is 9.86. The van der Waals surface area contributed by atoms with Crippen molar-refractivity contribution < 1.29 is 14.3 Å². The van der Waals surface area contributed by atoms with Crippen molar-refractivity contribution in [2.24, 2.45) is 7.05 Å². The number of hydrogen-bond acceptors (Lipinski definition) is 5. The number of esters is 1. The van der Waals surface area contributed by atoms with E-state index in [1.165, 1.54) is 0 Å². The van der Waals surface area contributed by atoms with Gasteiger partial charge >= 0.3 is 5.97 Å². The molecule has 7 nitrogen and oxygen atoms in total. The zero-order valence-corrected chi connectivity index (χ0v) is 19.1. The van der Waals surface area contributed by atoms with E-state index in [1.807, 2.05) is 48.4 Å². The zero-order chi connectivity index (χ0) is 23.4. The summed E-state index contributed by atoms with van der Waals surface area (Å²) in [5.74, 6) is 0.458. The van der Waals surface area contributed by atoms with Crippen LogP contribution < -0.4 is 0 Å². The lowest BCUT2D eigenvalue weighted by molar-refractivity contribution is -0.143. The fourth-order valence-electron chi connectivity index (χ4n) is 4.42. The molecule has 1 aromatic heterocycles. The van der Waals surface area contributed by atoms with Crippen molar-refractivity contribution in [2.45, 2.75) is 39.0 Å². The van der Waals surface area contributed by atoms with Crippen LogP contribution in [0.4, 0.5) is 0 Å². The van der Waals surface area contributed by atoms with Crippen LogP contribution in [0.3, 0.4) is 0 Å². The second-order valence-corrected chi connectivity index (χ2v) is 8.40. The Morgan fingerprint density at radius 2 is 1.88 bits per heavy atom. The number of ether oxygens (including phenoxy) is 1. The maximum Gasteiger partial charge on any atom is 0.310 e. The van der Waals surface area contributed by atoms with E-state index < -0.39 is 0 Å². The molecule has 2 aliphatic rings.